The Morgan fingerprint density at radius 3 is 2.27 bits per heavy atom. The van der Waals surface area contributed by atoms with Gasteiger partial charge in [-0.2, -0.15) is 0 Å². The van der Waals surface area contributed by atoms with E-state index in [-0.39, 0.29) is 23.4 Å². The van der Waals surface area contributed by atoms with Crippen LogP contribution in [0.3, 0.4) is 0 Å². The molecule has 2 amide bonds. The number of hydrogen-bond donors (Lipinski definition) is 1. The van der Waals surface area contributed by atoms with Gasteiger partial charge < -0.3 is 15.0 Å². The number of aryl methyl sites for hydroxylation is 2. The lowest BCUT2D eigenvalue weighted by atomic mass is 10.1. The first-order chi connectivity index (χ1) is 19.0. The van der Waals surface area contributed by atoms with Gasteiger partial charge in [-0.15, -0.1) is 0 Å². The van der Waals surface area contributed by atoms with Crippen LogP contribution in [-0.2, 0) is 26.2 Å². The largest absolute Gasteiger partial charge is 0.497 e. The highest BCUT2D eigenvalue weighted by molar-refractivity contribution is 7.92. The Labute approximate surface area is 238 Å². The fraction of sp³-hybridized carbons (Fsp3) is 0.355. The average molecular weight is 566 g/mol. The average Bonchev–Trinajstić information content (AvgIpc) is 2.94. The number of carbonyl (C=O) groups excluding carboxylic acids is 2. The van der Waals surface area contributed by atoms with Crippen molar-refractivity contribution in [2.45, 2.75) is 64.6 Å². The minimum Gasteiger partial charge on any atom is -0.497 e. The number of sulfonamides is 1. The van der Waals surface area contributed by atoms with Crippen LogP contribution in [0.5, 0.6) is 5.75 Å². The summed E-state index contributed by atoms with van der Waals surface area (Å²) in [6, 6.07) is 19.7. The van der Waals surface area contributed by atoms with E-state index in [1.807, 2.05) is 52.0 Å². The van der Waals surface area contributed by atoms with Crippen LogP contribution in [0.1, 0.15) is 43.9 Å². The number of rotatable bonds is 12. The zero-order valence-corrected chi connectivity index (χ0v) is 24.9. The molecule has 40 heavy (non-hydrogen) atoms. The highest BCUT2D eigenvalue weighted by Crippen LogP contribution is 2.28. The van der Waals surface area contributed by atoms with Crippen molar-refractivity contribution in [3.8, 4) is 5.75 Å². The van der Waals surface area contributed by atoms with E-state index in [0.717, 1.165) is 21.9 Å². The van der Waals surface area contributed by atoms with E-state index in [1.165, 1.54) is 17.0 Å². The van der Waals surface area contributed by atoms with Crippen molar-refractivity contribution < 1.29 is 22.7 Å². The topological polar surface area (TPSA) is 96.0 Å². The number of hydrogen-bond acceptors (Lipinski definition) is 5. The Bertz CT molecular complexity index is 1430. The minimum atomic E-state index is -4.11. The summed E-state index contributed by atoms with van der Waals surface area (Å²) in [4.78, 5) is 28.7. The number of methoxy groups -OCH3 is 1. The molecule has 8 nitrogen and oxygen atoms in total. The SMILES string of the molecule is CC[C@H](C)NC(=O)[C@@H](C)N(Cc1cccc(OC)c1)C(=O)CN(c1ccc(C)cc1C)S(=O)(=O)c1ccccc1. The highest BCUT2D eigenvalue weighted by atomic mass is 32.2. The Hall–Kier alpha value is -3.85. The number of carbonyl (C=O) groups is 2. The summed E-state index contributed by atoms with van der Waals surface area (Å²) in [6.07, 6.45) is 0.734. The molecule has 3 aromatic carbocycles. The lowest BCUT2D eigenvalue weighted by Crippen LogP contribution is -2.52. The van der Waals surface area contributed by atoms with Crippen molar-refractivity contribution in [1.29, 1.82) is 0 Å². The molecule has 2 atom stereocenters. The standard InChI is InChI=1S/C31H39N3O5S/c1-7-24(4)32-31(36)25(5)33(20-26-12-11-13-27(19-26)39-6)30(35)21-34(29-17-16-22(2)18-23(29)3)40(37,38)28-14-9-8-10-15-28/h8-19,24-25H,7,20-21H2,1-6H3,(H,32,36)/t24-,25+/m0/s1. The second-order valence-corrected chi connectivity index (χ2v) is 11.8. The molecule has 0 unspecified atom stereocenters. The molecule has 0 aliphatic carbocycles. The van der Waals surface area contributed by atoms with Gasteiger partial charge in [0.1, 0.15) is 18.3 Å². The fourth-order valence-corrected chi connectivity index (χ4v) is 5.83. The molecule has 0 aliphatic rings. The third-order valence-electron chi connectivity index (χ3n) is 6.89. The monoisotopic (exact) mass is 565 g/mol. The number of amides is 2. The molecule has 214 valence electrons. The molecule has 0 fully saturated rings. The Morgan fingerprint density at radius 1 is 0.950 bits per heavy atom. The van der Waals surface area contributed by atoms with Crippen LogP contribution in [0.25, 0.3) is 0 Å². The first-order valence-electron chi connectivity index (χ1n) is 13.4. The van der Waals surface area contributed by atoms with Gasteiger partial charge in [-0.05, 0) is 75.6 Å². The zero-order valence-electron chi connectivity index (χ0n) is 24.0. The molecule has 0 bridgehead atoms. The van der Waals surface area contributed by atoms with Gasteiger partial charge in [-0.3, -0.25) is 13.9 Å². The number of nitrogens with one attached hydrogen (secondary N) is 1. The molecule has 0 aliphatic heterocycles. The predicted octanol–water partition coefficient (Wildman–Crippen LogP) is 4.84. The van der Waals surface area contributed by atoms with Gasteiger partial charge in [0.25, 0.3) is 10.0 Å². The third kappa shape index (κ3) is 7.41. The first-order valence-corrected chi connectivity index (χ1v) is 14.8. The van der Waals surface area contributed by atoms with Gasteiger partial charge in [0.15, 0.2) is 0 Å². The molecule has 9 heteroatoms. The second kappa shape index (κ2) is 13.5. The van der Waals surface area contributed by atoms with Gasteiger partial charge >= 0.3 is 0 Å². The first kappa shape index (κ1) is 30.7. The zero-order chi connectivity index (χ0) is 29.4. The summed E-state index contributed by atoms with van der Waals surface area (Å²) < 4.78 is 34.3. The maximum atomic E-state index is 14.1. The van der Waals surface area contributed by atoms with E-state index in [4.69, 9.17) is 4.74 Å². The summed E-state index contributed by atoms with van der Waals surface area (Å²) in [5.41, 5.74) is 2.84. The molecule has 0 spiro atoms. The van der Waals surface area contributed by atoms with Crippen LogP contribution >= 0.6 is 0 Å². The molecule has 0 aromatic heterocycles. The lowest BCUT2D eigenvalue weighted by Gasteiger charge is -2.33. The van der Waals surface area contributed by atoms with Crippen LogP contribution in [0.4, 0.5) is 5.69 Å². The van der Waals surface area contributed by atoms with Crippen molar-refractivity contribution in [2.75, 3.05) is 18.0 Å². The van der Waals surface area contributed by atoms with Gasteiger partial charge in [-0.1, -0.05) is 55.0 Å². The van der Waals surface area contributed by atoms with Crippen molar-refractivity contribution in [3.63, 3.8) is 0 Å². The third-order valence-corrected chi connectivity index (χ3v) is 8.66. The molecule has 0 saturated carbocycles. The van der Waals surface area contributed by atoms with Crippen LogP contribution < -0.4 is 14.4 Å². The fourth-order valence-electron chi connectivity index (χ4n) is 4.33. The summed E-state index contributed by atoms with van der Waals surface area (Å²) in [5, 5.41) is 2.94. The van der Waals surface area contributed by atoms with E-state index in [0.29, 0.717) is 17.0 Å². The van der Waals surface area contributed by atoms with E-state index in [2.05, 4.69) is 5.32 Å². The lowest BCUT2D eigenvalue weighted by molar-refractivity contribution is -0.139. The van der Waals surface area contributed by atoms with E-state index < -0.39 is 28.5 Å². The molecule has 1 N–H and O–H groups in total. The van der Waals surface area contributed by atoms with Crippen LogP contribution in [0.15, 0.2) is 77.7 Å². The van der Waals surface area contributed by atoms with Gasteiger partial charge in [0, 0.05) is 12.6 Å². The number of anilines is 1. The van der Waals surface area contributed by atoms with E-state index >= 15 is 0 Å². The quantitative estimate of drug-likeness (QED) is 0.339. The molecular weight excluding hydrogens is 526 g/mol. The van der Waals surface area contributed by atoms with Crippen molar-refractivity contribution in [3.05, 3.63) is 89.5 Å². The maximum absolute atomic E-state index is 14.1. The minimum absolute atomic E-state index is 0.0738. The van der Waals surface area contributed by atoms with Gasteiger partial charge in [0.05, 0.1) is 17.7 Å². The second-order valence-electron chi connectivity index (χ2n) is 9.98. The molecule has 3 aromatic rings. The van der Waals surface area contributed by atoms with E-state index in [9.17, 15) is 18.0 Å². The summed E-state index contributed by atoms with van der Waals surface area (Å²) >= 11 is 0. The summed E-state index contributed by atoms with van der Waals surface area (Å²) in [5.74, 6) is -0.200. The predicted molar refractivity (Wildman–Crippen MR) is 158 cm³/mol. The molecular formula is C31H39N3O5S. The Balaban J connectivity index is 2.05. The van der Waals surface area contributed by atoms with Crippen LogP contribution in [0.2, 0.25) is 0 Å². The van der Waals surface area contributed by atoms with Gasteiger partial charge in [0.2, 0.25) is 11.8 Å². The van der Waals surface area contributed by atoms with Crippen LogP contribution in [0, 0.1) is 13.8 Å². The summed E-state index contributed by atoms with van der Waals surface area (Å²) in [6.45, 7) is 8.87. The Kier molecular flexibility index (Phi) is 10.3. The van der Waals surface area contributed by atoms with Crippen molar-refractivity contribution in [1.82, 2.24) is 10.2 Å². The Morgan fingerprint density at radius 2 is 1.65 bits per heavy atom. The normalized spacial score (nSPS) is 12.8. The van der Waals surface area contributed by atoms with Crippen molar-refractivity contribution in [2.24, 2.45) is 0 Å². The van der Waals surface area contributed by atoms with Crippen LogP contribution in [-0.4, -0.2) is 50.9 Å². The number of benzene rings is 3. The molecule has 0 radical (unpaired) electrons. The smallest absolute Gasteiger partial charge is 0.264 e. The highest BCUT2D eigenvalue weighted by Gasteiger charge is 2.33. The number of nitrogens with zero attached hydrogens (tertiary/aromatic N) is 2. The van der Waals surface area contributed by atoms with E-state index in [1.54, 1.807) is 50.4 Å². The van der Waals surface area contributed by atoms with Gasteiger partial charge in [-0.25, -0.2) is 8.42 Å². The number of ether oxygens (including phenoxy) is 1. The molecule has 0 saturated heterocycles. The van der Waals surface area contributed by atoms with Crippen molar-refractivity contribution >= 4 is 27.5 Å². The maximum Gasteiger partial charge on any atom is 0.264 e. The summed E-state index contributed by atoms with van der Waals surface area (Å²) in [7, 11) is -2.55. The molecule has 0 heterocycles. The molecule has 3 rings (SSSR count).